The summed E-state index contributed by atoms with van der Waals surface area (Å²) in [6, 6.07) is 15.2. The maximum Gasteiger partial charge on any atom is 0.261 e. The number of unbranched alkanes of at least 4 members (excludes halogenated alkanes) is 6. The maximum atomic E-state index is 14.3. The number of nitrogens with zero attached hydrogens (tertiary/aromatic N) is 2. The second-order valence-corrected chi connectivity index (χ2v) is 13.4. The topological polar surface area (TPSA) is 101 Å². The highest BCUT2D eigenvalue weighted by Crippen LogP contribution is 2.46. The van der Waals surface area contributed by atoms with Gasteiger partial charge >= 0.3 is 0 Å². The Morgan fingerprint density at radius 3 is 1.30 bits per heavy atom. The molecule has 0 radical (unpaired) electrons. The molecule has 2 N–H and O–H groups in total. The van der Waals surface area contributed by atoms with Crippen LogP contribution in [-0.2, 0) is 0 Å². The lowest BCUT2D eigenvalue weighted by Gasteiger charge is -2.35. The van der Waals surface area contributed by atoms with Crippen molar-refractivity contribution in [3.05, 3.63) is 70.8 Å². The second-order valence-electron chi connectivity index (χ2n) is 13.4. The van der Waals surface area contributed by atoms with Crippen molar-refractivity contribution in [1.82, 2.24) is 9.80 Å². The molecule has 47 heavy (non-hydrogen) atoms. The number of amides is 4. The Labute approximate surface area is 275 Å². The average Bonchev–Trinajstić information content (AvgIpc) is 3.08. The normalized spacial score (nSPS) is 14.8. The third kappa shape index (κ3) is 4.89. The molecule has 0 atom stereocenters. The van der Waals surface area contributed by atoms with Crippen LogP contribution in [0.25, 0.3) is 43.1 Å². The van der Waals surface area contributed by atoms with Crippen LogP contribution in [0.5, 0.6) is 0 Å². The van der Waals surface area contributed by atoms with E-state index in [2.05, 4.69) is 13.8 Å². The zero-order valence-corrected chi connectivity index (χ0v) is 27.5. The molecule has 7 nitrogen and oxygen atoms in total. The zero-order chi connectivity index (χ0) is 32.8. The Bertz CT molecular complexity index is 1930. The third-order valence-corrected chi connectivity index (χ3v) is 10.5. The first-order valence-electron chi connectivity index (χ1n) is 17.6. The second kappa shape index (κ2) is 12.7. The smallest absolute Gasteiger partial charge is 0.261 e. The van der Waals surface area contributed by atoms with Crippen LogP contribution in [0, 0.1) is 0 Å². The summed E-state index contributed by atoms with van der Waals surface area (Å²) in [6.45, 7) is 5.06. The molecule has 2 aliphatic rings. The van der Waals surface area contributed by atoms with Gasteiger partial charge in [0.15, 0.2) is 0 Å². The molecule has 0 fully saturated rings. The van der Waals surface area contributed by atoms with Crippen molar-refractivity contribution in [1.29, 1.82) is 0 Å². The minimum atomic E-state index is -0.300. The van der Waals surface area contributed by atoms with Crippen LogP contribution in [0.15, 0.2) is 48.5 Å². The van der Waals surface area contributed by atoms with Gasteiger partial charge in [0.1, 0.15) is 0 Å². The summed E-state index contributed by atoms with van der Waals surface area (Å²) in [4.78, 5) is 58.7. The number of hydrogen-bond donors (Lipinski definition) is 1. The van der Waals surface area contributed by atoms with Crippen LogP contribution in [0.2, 0.25) is 0 Å². The van der Waals surface area contributed by atoms with Gasteiger partial charge in [0.2, 0.25) is 0 Å². The van der Waals surface area contributed by atoms with E-state index < -0.39 is 0 Å². The van der Waals surface area contributed by atoms with Gasteiger partial charge in [-0.3, -0.25) is 29.0 Å². The van der Waals surface area contributed by atoms with Gasteiger partial charge in [0.05, 0.1) is 0 Å². The first-order valence-corrected chi connectivity index (χ1v) is 17.6. The number of fused-ring (bicyclic) bond motifs is 2. The SMILES string of the molecule is CCCCCCC(CCCCCC)N1C(=O)c2ccc3c4ccc5c6c(ccc(c7ccc(c2c37)C1=O)c64)C(=O)N(CCCN)C5=O. The molecule has 5 aromatic carbocycles. The van der Waals surface area contributed by atoms with Crippen molar-refractivity contribution in [3.63, 3.8) is 0 Å². The van der Waals surface area contributed by atoms with E-state index in [0.717, 1.165) is 96.5 Å². The third-order valence-electron chi connectivity index (χ3n) is 10.5. The minimum Gasteiger partial charge on any atom is -0.330 e. The predicted molar refractivity (Wildman–Crippen MR) is 188 cm³/mol. The molecule has 0 unspecified atom stereocenters. The molecule has 4 amide bonds. The fourth-order valence-electron chi connectivity index (χ4n) is 8.14. The molecule has 0 aliphatic carbocycles. The van der Waals surface area contributed by atoms with Gasteiger partial charge in [-0.25, -0.2) is 0 Å². The summed E-state index contributed by atoms with van der Waals surface area (Å²) < 4.78 is 0. The largest absolute Gasteiger partial charge is 0.330 e. The zero-order valence-electron chi connectivity index (χ0n) is 27.5. The Balaban J connectivity index is 1.37. The van der Waals surface area contributed by atoms with E-state index in [1.165, 1.54) is 4.90 Å². The standard InChI is InChI=1S/C40H43N3O4/c1-3-5-7-9-12-24(13-10-8-6-4-2)43-39(46)31-20-16-27-25-14-18-29-35-30(38(45)42(37(29)44)23-11-22-41)19-15-26(33(25)35)28-17-21-32(40(43)47)36(31)34(27)28/h14-21,24H,3-13,22-23,41H2,1-2H3. The fraction of sp³-hybridized carbons (Fsp3) is 0.400. The van der Waals surface area contributed by atoms with Crippen LogP contribution in [0.3, 0.4) is 0 Å². The maximum absolute atomic E-state index is 14.3. The molecule has 0 aromatic heterocycles. The van der Waals surface area contributed by atoms with Gasteiger partial charge in [-0.05, 0) is 82.4 Å². The van der Waals surface area contributed by atoms with Crippen molar-refractivity contribution >= 4 is 66.7 Å². The highest BCUT2D eigenvalue weighted by Gasteiger charge is 2.39. The molecule has 0 bridgehead atoms. The van der Waals surface area contributed by atoms with Crippen molar-refractivity contribution in [3.8, 4) is 0 Å². The van der Waals surface area contributed by atoms with E-state index in [9.17, 15) is 19.2 Å². The number of carbonyl (C=O) groups excluding carboxylic acids is 4. The molecule has 0 saturated heterocycles. The van der Waals surface area contributed by atoms with Crippen LogP contribution >= 0.6 is 0 Å². The lowest BCUT2D eigenvalue weighted by molar-refractivity contribution is 0.0514. The van der Waals surface area contributed by atoms with E-state index in [1.54, 1.807) is 4.90 Å². The number of benzene rings is 5. The molecular weight excluding hydrogens is 586 g/mol. The summed E-state index contributed by atoms with van der Waals surface area (Å²) in [5.41, 5.74) is 7.86. The van der Waals surface area contributed by atoms with Gasteiger partial charge in [-0.2, -0.15) is 0 Å². The Morgan fingerprint density at radius 2 is 0.915 bits per heavy atom. The number of imide groups is 2. The van der Waals surface area contributed by atoms with E-state index in [-0.39, 0.29) is 36.2 Å². The van der Waals surface area contributed by atoms with Crippen LogP contribution < -0.4 is 5.73 Å². The molecule has 7 rings (SSSR count). The quantitative estimate of drug-likeness (QED) is 0.0574. The molecule has 0 saturated carbocycles. The number of nitrogens with two attached hydrogens (primary N) is 1. The van der Waals surface area contributed by atoms with Gasteiger partial charge < -0.3 is 5.73 Å². The van der Waals surface area contributed by atoms with Crippen LogP contribution in [0.1, 0.15) is 126 Å². The molecule has 5 aromatic rings. The Morgan fingerprint density at radius 1 is 0.511 bits per heavy atom. The predicted octanol–water partition coefficient (Wildman–Crippen LogP) is 8.59. The van der Waals surface area contributed by atoms with Gasteiger partial charge in [-0.1, -0.05) is 89.5 Å². The average molecular weight is 630 g/mol. The monoisotopic (exact) mass is 629 g/mol. The van der Waals surface area contributed by atoms with E-state index in [4.69, 9.17) is 5.73 Å². The summed E-state index contributed by atoms with van der Waals surface area (Å²) in [5.74, 6) is -1.00. The van der Waals surface area contributed by atoms with Gasteiger partial charge in [0, 0.05) is 45.6 Å². The lowest BCUT2D eigenvalue weighted by Crippen LogP contribution is -2.47. The number of rotatable bonds is 14. The summed E-state index contributed by atoms with van der Waals surface area (Å²) in [7, 11) is 0. The van der Waals surface area contributed by atoms with Crippen molar-refractivity contribution in [2.75, 3.05) is 13.1 Å². The van der Waals surface area contributed by atoms with Crippen molar-refractivity contribution < 1.29 is 19.2 Å². The van der Waals surface area contributed by atoms with Crippen LogP contribution in [0.4, 0.5) is 0 Å². The van der Waals surface area contributed by atoms with E-state index in [1.807, 2.05) is 48.5 Å². The first-order chi connectivity index (χ1) is 22.9. The Hall–Kier alpha value is -4.36. The number of hydrogen-bond acceptors (Lipinski definition) is 5. The summed E-state index contributed by atoms with van der Waals surface area (Å²) in [6.07, 6.45) is 11.0. The lowest BCUT2D eigenvalue weighted by atomic mass is 9.82. The summed E-state index contributed by atoms with van der Waals surface area (Å²) >= 11 is 0. The molecule has 2 heterocycles. The number of carbonyl (C=O) groups is 4. The fourth-order valence-corrected chi connectivity index (χ4v) is 8.14. The molecule has 242 valence electrons. The molecule has 0 spiro atoms. The van der Waals surface area contributed by atoms with Crippen molar-refractivity contribution in [2.45, 2.75) is 90.5 Å². The summed E-state index contributed by atoms with van der Waals surface area (Å²) in [5, 5.41) is 6.76. The molecular formula is C40H43N3O4. The van der Waals surface area contributed by atoms with E-state index >= 15 is 0 Å². The highest BCUT2D eigenvalue weighted by molar-refractivity contribution is 6.41. The minimum absolute atomic E-state index is 0.115. The highest BCUT2D eigenvalue weighted by atomic mass is 16.2. The van der Waals surface area contributed by atoms with Crippen molar-refractivity contribution in [2.24, 2.45) is 5.73 Å². The van der Waals surface area contributed by atoms with Crippen LogP contribution in [-0.4, -0.2) is 52.6 Å². The first kappa shape index (κ1) is 31.3. The van der Waals surface area contributed by atoms with Gasteiger partial charge in [-0.15, -0.1) is 0 Å². The van der Waals surface area contributed by atoms with E-state index in [0.29, 0.717) is 46.0 Å². The molecule has 2 aliphatic heterocycles. The molecule has 7 heteroatoms. The van der Waals surface area contributed by atoms with Gasteiger partial charge in [0.25, 0.3) is 23.6 Å². The Kier molecular flexibility index (Phi) is 8.43.